The molecular weight excluding hydrogens is 294 g/mol. The first-order valence-electron chi connectivity index (χ1n) is 6.96. The average Bonchev–Trinajstić information content (AvgIpc) is 2.79. The van der Waals surface area contributed by atoms with Gasteiger partial charge in [-0.1, -0.05) is 6.92 Å². The number of rotatable bonds is 4. The molecule has 1 aromatic rings. The van der Waals surface area contributed by atoms with Crippen molar-refractivity contribution < 1.29 is 18.3 Å². The van der Waals surface area contributed by atoms with Gasteiger partial charge < -0.3 is 9.67 Å². The van der Waals surface area contributed by atoms with E-state index in [2.05, 4.69) is 4.98 Å². The Balaban J connectivity index is 2.34. The maximum Gasteiger partial charge on any atom is 0.310 e. The summed E-state index contributed by atoms with van der Waals surface area (Å²) in [7, 11) is -2.01. The predicted octanol–water partition coefficient (Wildman–Crippen LogP) is 0.994. The van der Waals surface area contributed by atoms with Crippen LogP contribution in [0.2, 0.25) is 0 Å². The van der Waals surface area contributed by atoms with Gasteiger partial charge in [0.15, 0.2) is 5.03 Å². The Morgan fingerprint density at radius 1 is 1.52 bits per heavy atom. The van der Waals surface area contributed by atoms with Crippen LogP contribution in [-0.4, -0.2) is 46.4 Å². The van der Waals surface area contributed by atoms with Gasteiger partial charge in [0, 0.05) is 26.3 Å². The molecule has 1 fully saturated rings. The van der Waals surface area contributed by atoms with Gasteiger partial charge >= 0.3 is 5.97 Å². The van der Waals surface area contributed by atoms with Gasteiger partial charge in [0.25, 0.3) is 10.0 Å². The van der Waals surface area contributed by atoms with Crippen LogP contribution in [0.15, 0.2) is 11.2 Å². The van der Waals surface area contributed by atoms with Crippen LogP contribution in [0.5, 0.6) is 0 Å². The van der Waals surface area contributed by atoms with Crippen LogP contribution in [0.3, 0.4) is 0 Å². The molecule has 118 valence electrons. The van der Waals surface area contributed by atoms with E-state index in [1.807, 2.05) is 0 Å². The summed E-state index contributed by atoms with van der Waals surface area (Å²) in [5.74, 6) is -0.326. The van der Waals surface area contributed by atoms with E-state index in [1.165, 1.54) is 10.5 Å². The molecular formula is C13H21N3O4S. The highest BCUT2D eigenvalue weighted by Gasteiger charge is 2.44. The zero-order valence-electron chi connectivity index (χ0n) is 12.5. The number of carbonyl (C=O) groups is 1. The number of hydrogen-bond donors (Lipinski definition) is 1. The van der Waals surface area contributed by atoms with E-state index >= 15 is 0 Å². The topological polar surface area (TPSA) is 92.5 Å². The van der Waals surface area contributed by atoms with Crippen molar-refractivity contribution in [2.24, 2.45) is 12.5 Å². The van der Waals surface area contributed by atoms with Crippen LogP contribution in [0, 0.1) is 12.3 Å². The number of aryl methyl sites for hydroxylation is 2. The van der Waals surface area contributed by atoms with Gasteiger partial charge in [-0.05, 0) is 26.2 Å². The highest BCUT2D eigenvalue weighted by Crippen LogP contribution is 2.35. The molecule has 1 atom stereocenters. The summed E-state index contributed by atoms with van der Waals surface area (Å²) in [6, 6.07) is 0. The lowest BCUT2D eigenvalue weighted by Gasteiger charge is -2.38. The molecule has 0 saturated carbocycles. The summed E-state index contributed by atoms with van der Waals surface area (Å²) in [5, 5.41) is 9.44. The molecule has 1 unspecified atom stereocenters. The van der Waals surface area contributed by atoms with Crippen LogP contribution in [0.4, 0.5) is 0 Å². The van der Waals surface area contributed by atoms with Crippen molar-refractivity contribution >= 4 is 16.0 Å². The van der Waals surface area contributed by atoms with E-state index in [-0.39, 0.29) is 11.6 Å². The summed E-state index contributed by atoms with van der Waals surface area (Å²) in [5.41, 5.74) is -0.991. The molecule has 1 saturated heterocycles. The van der Waals surface area contributed by atoms with Gasteiger partial charge in [-0.2, -0.15) is 4.31 Å². The Morgan fingerprint density at radius 2 is 2.19 bits per heavy atom. The molecule has 0 aliphatic carbocycles. The molecule has 1 aliphatic heterocycles. The fraction of sp³-hybridized carbons (Fsp3) is 0.692. The molecule has 0 bridgehead atoms. The quantitative estimate of drug-likeness (QED) is 0.894. The minimum Gasteiger partial charge on any atom is -0.481 e. The van der Waals surface area contributed by atoms with Gasteiger partial charge in [0.1, 0.15) is 5.82 Å². The Labute approximate surface area is 124 Å². The van der Waals surface area contributed by atoms with E-state index in [4.69, 9.17) is 0 Å². The van der Waals surface area contributed by atoms with E-state index in [0.717, 1.165) is 0 Å². The normalized spacial score (nSPS) is 24.1. The summed E-state index contributed by atoms with van der Waals surface area (Å²) >= 11 is 0. The fourth-order valence-corrected chi connectivity index (χ4v) is 4.28. The van der Waals surface area contributed by atoms with Crippen molar-refractivity contribution in [2.45, 2.75) is 38.1 Å². The predicted molar refractivity (Wildman–Crippen MR) is 76.3 cm³/mol. The number of imidazole rings is 1. The average molecular weight is 315 g/mol. The molecule has 2 heterocycles. The van der Waals surface area contributed by atoms with Crippen LogP contribution in [-0.2, 0) is 21.9 Å². The second-order valence-electron chi connectivity index (χ2n) is 5.62. The second kappa shape index (κ2) is 5.42. The largest absolute Gasteiger partial charge is 0.481 e. The van der Waals surface area contributed by atoms with Crippen LogP contribution in [0.25, 0.3) is 0 Å². The van der Waals surface area contributed by atoms with Gasteiger partial charge in [-0.15, -0.1) is 0 Å². The van der Waals surface area contributed by atoms with Crippen LogP contribution < -0.4 is 0 Å². The summed E-state index contributed by atoms with van der Waals surface area (Å²) in [4.78, 5) is 15.6. The molecule has 7 nitrogen and oxygen atoms in total. The number of carboxylic acid groups (broad SMARTS) is 1. The Morgan fingerprint density at radius 3 is 2.67 bits per heavy atom. The molecule has 1 aromatic heterocycles. The summed E-state index contributed by atoms with van der Waals surface area (Å²) in [6.45, 7) is 3.86. The molecule has 2 rings (SSSR count). The Bertz CT molecular complexity index is 633. The number of hydrogen-bond acceptors (Lipinski definition) is 4. The minimum absolute atomic E-state index is 0.0107. The number of nitrogens with zero attached hydrogens (tertiary/aromatic N) is 3. The van der Waals surface area contributed by atoms with Crippen molar-refractivity contribution in [3.63, 3.8) is 0 Å². The zero-order chi connectivity index (χ0) is 15.8. The number of sulfonamides is 1. The van der Waals surface area contributed by atoms with Crippen molar-refractivity contribution in [2.75, 3.05) is 13.1 Å². The van der Waals surface area contributed by atoms with E-state index in [1.54, 1.807) is 25.5 Å². The molecule has 8 heteroatoms. The summed E-state index contributed by atoms with van der Waals surface area (Å²) in [6.07, 6.45) is 2.93. The number of aliphatic carboxylic acids is 1. The Hall–Kier alpha value is -1.41. The first-order valence-corrected chi connectivity index (χ1v) is 8.40. The number of aromatic nitrogens is 2. The molecule has 1 N–H and O–H groups in total. The Kier molecular flexibility index (Phi) is 4.12. The number of piperidine rings is 1. The molecule has 0 amide bonds. The SMILES string of the molecule is CCC1(C(=O)O)CCCN(S(=O)(=O)c2cn(C)c(C)n2)C1. The van der Waals surface area contributed by atoms with Gasteiger partial charge in [-0.3, -0.25) is 4.79 Å². The van der Waals surface area contributed by atoms with Crippen LogP contribution in [0.1, 0.15) is 32.0 Å². The van der Waals surface area contributed by atoms with Gasteiger partial charge in [-0.25, -0.2) is 13.4 Å². The molecule has 0 aromatic carbocycles. The fourth-order valence-electron chi connectivity index (χ4n) is 2.69. The number of carboxylic acids is 1. The minimum atomic E-state index is -3.74. The third-order valence-electron chi connectivity index (χ3n) is 4.36. The highest BCUT2D eigenvalue weighted by atomic mass is 32.2. The standard InChI is InChI=1S/C13H21N3O4S/c1-4-13(12(17)18)6-5-7-16(9-13)21(19,20)11-8-15(3)10(2)14-11/h8H,4-7,9H2,1-3H3,(H,17,18). The lowest BCUT2D eigenvalue weighted by Crippen LogP contribution is -2.49. The lowest BCUT2D eigenvalue weighted by molar-refractivity contribution is -0.151. The molecule has 1 aliphatic rings. The van der Waals surface area contributed by atoms with Crippen molar-refractivity contribution in [1.29, 1.82) is 0 Å². The van der Waals surface area contributed by atoms with E-state index in [0.29, 0.717) is 31.6 Å². The smallest absolute Gasteiger partial charge is 0.310 e. The summed E-state index contributed by atoms with van der Waals surface area (Å²) < 4.78 is 28.2. The van der Waals surface area contributed by atoms with Crippen LogP contribution >= 0.6 is 0 Å². The first-order chi connectivity index (χ1) is 9.73. The van der Waals surface area contributed by atoms with Gasteiger partial charge in [0.05, 0.1) is 5.41 Å². The van der Waals surface area contributed by atoms with Crippen molar-refractivity contribution in [3.05, 3.63) is 12.0 Å². The lowest BCUT2D eigenvalue weighted by atomic mass is 9.78. The second-order valence-corrected chi connectivity index (χ2v) is 7.50. The monoisotopic (exact) mass is 315 g/mol. The maximum atomic E-state index is 12.6. The zero-order valence-corrected chi connectivity index (χ0v) is 13.4. The molecule has 21 heavy (non-hydrogen) atoms. The van der Waals surface area contributed by atoms with Crippen molar-refractivity contribution in [1.82, 2.24) is 13.9 Å². The third-order valence-corrected chi connectivity index (χ3v) is 6.08. The first kappa shape index (κ1) is 16.0. The highest BCUT2D eigenvalue weighted by molar-refractivity contribution is 7.89. The third kappa shape index (κ3) is 2.69. The van der Waals surface area contributed by atoms with E-state index < -0.39 is 21.4 Å². The van der Waals surface area contributed by atoms with Gasteiger partial charge in [0.2, 0.25) is 0 Å². The maximum absolute atomic E-state index is 12.6. The van der Waals surface area contributed by atoms with E-state index in [9.17, 15) is 18.3 Å². The molecule has 0 radical (unpaired) electrons. The molecule has 0 spiro atoms. The van der Waals surface area contributed by atoms with Crippen molar-refractivity contribution in [3.8, 4) is 0 Å².